The van der Waals surface area contributed by atoms with Gasteiger partial charge in [0.2, 0.25) is 0 Å². The van der Waals surface area contributed by atoms with Crippen molar-refractivity contribution in [2.75, 3.05) is 13.2 Å². The molecule has 0 bridgehead atoms. The number of fused-ring (bicyclic) bond motifs is 1. The molecule has 0 radical (unpaired) electrons. The first kappa shape index (κ1) is 13.2. The van der Waals surface area contributed by atoms with E-state index in [1.165, 1.54) is 0 Å². The molecule has 0 aromatic rings. The summed E-state index contributed by atoms with van der Waals surface area (Å²) in [6.07, 6.45) is 0.780. The fraction of sp³-hybridized carbons (Fsp3) is 1.00. The van der Waals surface area contributed by atoms with Crippen LogP contribution in [0.25, 0.3) is 0 Å². The van der Waals surface area contributed by atoms with E-state index in [0.29, 0.717) is 13.2 Å². The van der Waals surface area contributed by atoms with Crippen LogP contribution in [0.1, 0.15) is 34.1 Å². The van der Waals surface area contributed by atoms with E-state index in [1.54, 1.807) is 13.8 Å². The number of ether oxygens (including phenoxy) is 4. The maximum absolute atomic E-state index is 9.49. The van der Waals surface area contributed by atoms with Crippen LogP contribution in [0.4, 0.5) is 0 Å². The van der Waals surface area contributed by atoms with E-state index < -0.39 is 11.6 Å². The van der Waals surface area contributed by atoms with E-state index in [9.17, 15) is 5.11 Å². The zero-order valence-electron chi connectivity index (χ0n) is 10.9. The van der Waals surface area contributed by atoms with Gasteiger partial charge in [0.1, 0.15) is 6.10 Å². The molecule has 17 heavy (non-hydrogen) atoms. The van der Waals surface area contributed by atoms with Crippen LogP contribution in [-0.4, -0.2) is 48.2 Å². The molecule has 2 aliphatic heterocycles. The Morgan fingerprint density at radius 2 is 1.94 bits per heavy atom. The Hall–Kier alpha value is -0.200. The first-order valence-corrected chi connectivity index (χ1v) is 6.09. The highest BCUT2D eigenvalue weighted by Crippen LogP contribution is 2.34. The minimum absolute atomic E-state index is 0.0170. The fourth-order valence-corrected chi connectivity index (χ4v) is 2.22. The summed E-state index contributed by atoms with van der Waals surface area (Å²) < 4.78 is 22.4. The number of hydrogen-bond acceptors (Lipinski definition) is 5. The predicted octanol–water partition coefficient (Wildman–Crippen LogP) is 1.04. The minimum Gasteiger partial charge on any atom is -0.373 e. The lowest BCUT2D eigenvalue weighted by atomic mass is 10.0. The van der Waals surface area contributed by atoms with E-state index in [0.717, 1.165) is 6.42 Å². The van der Waals surface area contributed by atoms with Gasteiger partial charge in [0.15, 0.2) is 11.6 Å². The molecular weight excluding hydrogens is 224 g/mol. The third-order valence-corrected chi connectivity index (χ3v) is 2.90. The molecule has 3 unspecified atom stereocenters. The van der Waals surface area contributed by atoms with Crippen molar-refractivity contribution < 1.29 is 24.1 Å². The van der Waals surface area contributed by atoms with E-state index in [4.69, 9.17) is 18.9 Å². The standard InChI is InChI=1S/C12H22O5/c1-11(2,13)15-6-8-5-9-10(7-14-8)17-12(3,4)16-9/h8-10,13H,5-7H2,1-4H3. The van der Waals surface area contributed by atoms with Gasteiger partial charge in [0, 0.05) is 6.42 Å². The Bertz CT molecular complexity index is 271. The maximum atomic E-state index is 9.49. The molecule has 2 aliphatic rings. The van der Waals surface area contributed by atoms with E-state index in [-0.39, 0.29) is 18.3 Å². The first-order chi connectivity index (χ1) is 7.75. The molecule has 0 aromatic heterocycles. The van der Waals surface area contributed by atoms with Crippen LogP contribution in [-0.2, 0) is 18.9 Å². The van der Waals surface area contributed by atoms with Crippen LogP contribution in [0.5, 0.6) is 0 Å². The summed E-state index contributed by atoms with van der Waals surface area (Å²) in [7, 11) is 0. The number of aliphatic hydroxyl groups is 1. The molecular formula is C12H22O5. The molecule has 2 saturated heterocycles. The molecule has 5 nitrogen and oxygen atoms in total. The molecule has 5 heteroatoms. The highest BCUT2D eigenvalue weighted by Gasteiger charge is 2.45. The highest BCUT2D eigenvalue weighted by molar-refractivity contribution is 4.87. The molecule has 0 aliphatic carbocycles. The van der Waals surface area contributed by atoms with Crippen LogP contribution in [0.15, 0.2) is 0 Å². The van der Waals surface area contributed by atoms with E-state index >= 15 is 0 Å². The van der Waals surface area contributed by atoms with Gasteiger partial charge in [-0.25, -0.2) is 0 Å². The van der Waals surface area contributed by atoms with Crippen molar-refractivity contribution in [2.24, 2.45) is 0 Å². The Morgan fingerprint density at radius 1 is 1.29 bits per heavy atom. The van der Waals surface area contributed by atoms with Crippen LogP contribution < -0.4 is 0 Å². The van der Waals surface area contributed by atoms with E-state index in [2.05, 4.69) is 0 Å². The second kappa shape index (κ2) is 4.48. The van der Waals surface area contributed by atoms with Gasteiger partial charge in [-0.3, -0.25) is 0 Å². The molecule has 2 heterocycles. The van der Waals surface area contributed by atoms with Gasteiger partial charge in [-0.1, -0.05) is 0 Å². The molecule has 100 valence electrons. The van der Waals surface area contributed by atoms with Gasteiger partial charge in [-0.05, 0) is 27.7 Å². The average molecular weight is 246 g/mol. The summed E-state index contributed by atoms with van der Waals surface area (Å²) >= 11 is 0. The molecule has 0 aromatic carbocycles. The molecule has 2 fully saturated rings. The third kappa shape index (κ3) is 3.63. The monoisotopic (exact) mass is 246 g/mol. The normalized spacial score (nSPS) is 36.9. The van der Waals surface area contributed by atoms with Crippen molar-refractivity contribution in [3.8, 4) is 0 Å². The van der Waals surface area contributed by atoms with Gasteiger partial charge in [-0.15, -0.1) is 0 Å². The predicted molar refractivity (Wildman–Crippen MR) is 60.4 cm³/mol. The summed E-state index contributed by atoms with van der Waals surface area (Å²) in [4.78, 5) is 0. The zero-order valence-corrected chi connectivity index (χ0v) is 10.9. The summed E-state index contributed by atoms with van der Waals surface area (Å²) in [6, 6.07) is 0. The van der Waals surface area contributed by atoms with Gasteiger partial charge < -0.3 is 24.1 Å². The Kier molecular flexibility index (Phi) is 3.49. The van der Waals surface area contributed by atoms with Crippen LogP contribution in [0, 0.1) is 0 Å². The van der Waals surface area contributed by atoms with Crippen molar-refractivity contribution in [2.45, 2.75) is 64.0 Å². The Labute approximate surface area is 102 Å². The lowest BCUT2D eigenvalue weighted by molar-refractivity contribution is -0.204. The van der Waals surface area contributed by atoms with Gasteiger partial charge in [-0.2, -0.15) is 0 Å². The number of rotatable bonds is 3. The summed E-state index contributed by atoms with van der Waals surface area (Å²) in [6.45, 7) is 7.93. The quantitative estimate of drug-likeness (QED) is 0.754. The van der Waals surface area contributed by atoms with Crippen molar-refractivity contribution >= 4 is 0 Å². The minimum atomic E-state index is -1.12. The Balaban J connectivity index is 1.82. The van der Waals surface area contributed by atoms with Crippen LogP contribution >= 0.6 is 0 Å². The molecule has 0 saturated carbocycles. The summed E-state index contributed by atoms with van der Waals surface area (Å²) in [5.74, 6) is -1.64. The second-order valence-electron chi connectivity index (χ2n) is 5.66. The topological polar surface area (TPSA) is 57.2 Å². The van der Waals surface area contributed by atoms with Crippen LogP contribution in [0.3, 0.4) is 0 Å². The second-order valence-corrected chi connectivity index (χ2v) is 5.66. The van der Waals surface area contributed by atoms with Crippen LogP contribution in [0.2, 0.25) is 0 Å². The SMILES string of the molecule is CC(C)(O)OCC1CC2OC(C)(C)OC2CO1. The zero-order chi connectivity index (χ0) is 12.7. The molecule has 2 rings (SSSR count). The summed E-state index contributed by atoms with van der Waals surface area (Å²) in [5, 5.41) is 9.49. The van der Waals surface area contributed by atoms with Gasteiger partial charge in [0.05, 0.1) is 25.4 Å². The van der Waals surface area contributed by atoms with E-state index in [1.807, 2.05) is 13.8 Å². The molecule has 0 amide bonds. The third-order valence-electron chi connectivity index (χ3n) is 2.90. The van der Waals surface area contributed by atoms with Crippen molar-refractivity contribution in [3.63, 3.8) is 0 Å². The smallest absolute Gasteiger partial charge is 0.163 e. The lowest BCUT2D eigenvalue weighted by Gasteiger charge is -2.31. The lowest BCUT2D eigenvalue weighted by Crippen LogP contribution is -2.42. The summed E-state index contributed by atoms with van der Waals surface area (Å²) in [5.41, 5.74) is 0. The highest BCUT2D eigenvalue weighted by atomic mass is 16.8. The van der Waals surface area contributed by atoms with Crippen molar-refractivity contribution in [1.82, 2.24) is 0 Å². The molecule has 3 atom stereocenters. The van der Waals surface area contributed by atoms with Crippen molar-refractivity contribution in [3.05, 3.63) is 0 Å². The fourth-order valence-electron chi connectivity index (χ4n) is 2.22. The largest absolute Gasteiger partial charge is 0.373 e. The van der Waals surface area contributed by atoms with Gasteiger partial charge in [0.25, 0.3) is 0 Å². The van der Waals surface area contributed by atoms with Gasteiger partial charge >= 0.3 is 0 Å². The first-order valence-electron chi connectivity index (χ1n) is 6.09. The maximum Gasteiger partial charge on any atom is 0.163 e. The van der Waals surface area contributed by atoms with Crippen molar-refractivity contribution in [1.29, 1.82) is 0 Å². The Morgan fingerprint density at radius 3 is 2.59 bits per heavy atom. The number of hydrogen-bond donors (Lipinski definition) is 1. The molecule has 0 spiro atoms. The molecule has 1 N–H and O–H groups in total. The average Bonchev–Trinajstić information content (AvgIpc) is 2.46.